The number of Topliss-reactive ketones (excluding diaryl/α,β-unsaturated/α-hetero) is 1. The van der Waals surface area contributed by atoms with Gasteiger partial charge in [-0.1, -0.05) is 12.1 Å². The van der Waals surface area contributed by atoms with Gasteiger partial charge in [-0.15, -0.1) is 0 Å². The van der Waals surface area contributed by atoms with Crippen molar-refractivity contribution in [3.63, 3.8) is 0 Å². The van der Waals surface area contributed by atoms with Gasteiger partial charge >= 0.3 is 6.18 Å². The van der Waals surface area contributed by atoms with Gasteiger partial charge in [-0.05, 0) is 24.6 Å². The average molecular weight is 259 g/mol. The molecule has 0 radical (unpaired) electrons. The summed E-state index contributed by atoms with van der Waals surface area (Å²) in [6.07, 6.45) is -5.63. The van der Waals surface area contributed by atoms with Gasteiger partial charge in [0.2, 0.25) is 5.91 Å². The molecule has 1 amide bonds. The first-order chi connectivity index (χ1) is 8.26. The van der Waals surface area contributed by atoms with Gasteiger partial charge in [-0.2, -0.15) is 13.2 Å². The number of halogens is 3. The summed E-state index contributed by atoms with van der Waals surface area (Å²) >= 11 is 0. The fourth-order valence-electron chi connectivity index (χ4n) is 1.42. The zero-order valence-corrected chi connectivity index (χ0v) is 9.67. The molecule has 0 unspecified atom stereocenters. The molecule has 0 aliphatic carbocycles. The van der Waals surface area contributed by atoms with Crippen LogP contribution in [-0.4, -0.2) is 17.9 Å². The van der Waals surface area contributed by atoms with Crippen molar-refractivity contribution in [1.29, 1.82) is 0 Å². The molecular weight excluding hydrogens is 247 g/mol. The molecular formula is C12H12F3NO2. The number of hydrogen-bond donors (Lipinski definition) is 1. The Hall–Kier alpha value is -1.85. The van der Waals surface area contributed by atoms with Gasteiger partial charge in [0.25, 0.3) is 0 Å². The van der Waals surface area contributed by atoms with E-state index in [1.807, 2.05) is 0 Å². The van der Waals surface area contributed by atoms with E-state index in [1.165, 1.54) is 31.2 Å². The lowest BCUT2D eigenvalue weighted by Crippen LogP contribution is -2.15. The molecule has 3 nitrogen and oxygen atoms in total. The van der Waals surface area contributed by atoms with E-state index in [1.54, 1.807) is 0 Å². The molecule has 1 aromatic rings. The standard InChI is InChI=1S/C12H12F3NO2/c1-8(17)5-11(18)16-10-4-2-3-9(6-10)7-12(13,14)15/h2-4,6H,5,7H2,1H3,(H,16,18). The molecule has 0 aliphatic heterocycles. The van der Waals surface area contributed by atoms with Crippen LogP contribution in [0.15, 0.2) is 24.3 Å². The van der Waals surface area contributed by atoms with E-state index in [0.29, 0.717) is 0 Å². The second-order valence-electron chi connectivity index (χ2n) is 3.92. The lowest BCUT2D eigenvalue weighted by molar-refractivity contribution is -0.127. The predicted molar refractivity (Wildman–Crippen MR) is 60.1 cm³/mol. The second-order valence-corrected chi connectivity index (χ2v) is 3.92. The number of rotatable bonds is 4. The van der Waals surface area contributed by atoms with Gasteiger partial charge in [0.15, 0.2) is 0 Å². The fourth-order valence-corrected chi connectivity index (χ4v) is 1.42. The van der Waals surface area contributed by atoms with Crippen LogP contribution in [0.1, 0.15) is 18.9 Å². The first-order valence-corrected chi connectivity index (χ1v) is 5.21. The highest BCUT2D eigenvalue weighted by atomic mass is 19.4. The quantitative estimate of drug-likeness (QED) is 0.845. The van der Waals surface area contributed by atoms with Crippen LogP contribution in [0.5, 0.6) is 0 Å². The number of alkyl halides is 3. The SMILES string of the molecule is CC(=O)CC(=O)Nc1cccc(CC(F)(F)F)c1. The Morgan fingerprint density at radius 3 is 2.50 bits per heavy atom. The molecule has 98 valence electrons. The van der Waals surface area contributed by atoms with Gasteiger partial charge in [-0.3, -0.25) is 9.59 Å². The molecule has 0 aliphatic rings. The van der Waals surface area contributed by atoms with Crippen LogP contribution in [0.3, 0.4) is 0 Å². The zero-order valence-electron chi connectivity index (χ0n) is 9.67. The molecule has 0 fully saturated rings. The van der Waals surface area contributed by atoms with Gasteiger partial charge in [-0.25, -0.2) is 0 Å². The predicted octanol–water partition coefficient (Wildman–Crippen LogP) is 2.71. The van der Waals surface area contributed by atoms with Crippen molar-refractivity contribution in [2.75, 3.05) is 5.32 Å². The summed E-state index contributed by atoms with van der Waals surface area (Å²) in [6, 6.07) is 5.46. The van der Waals surface area contributed by atoms with Crippen molar-refractivity contribution < 1.29 is 22.8 Å². The molecule has 0 spiro atoms. The molecule has 0 bridgehead atoms. The molecule has 1 rings (SSSR count). The number of amides is 1. The Kier molecular flexibility index (Phi) is 4.47. The summed E-state index contributed by atoms with van der Waals surface area (Å²) < 4.78 is 36.5. The van der Waals surface area contributed by atoms with Crippen LogP contribution in [0, 0.1) is 0 Å². The summed E-state index contributed by atoms with van der Waals surface area (Å²) in [6.45, 7) is 1.26. The second kappa shape index (κ2) is 5.66. The third-order valence-electron chi connectivity index (χ3n) is 2.02. The normalized spacial score (nSPS) is 11.1. The maximum absolute atomic E-state index is 12.2. The van der Waals surface area contributed by atoms with E-state index in [-0.39, 0.29) is 23.5 Å². The Morgan fingerprint density at radius 2 is 1.94 bits per heavy atom. The highest BCUT2D eigenvalue weighted by molar-refractivity contribution is 6.03. The highest BCUT2D eigenvalue weighted by Crippen LogP contribution is 2.22. The van der Waals surface area contributed by atoms with Crippen molar-refractivity contribution in [2.24, 2.45) is 0 Å². The van der Waals surface area contributed by atoms with Crippen LogP contribution in [0.2, 0.25) is 0 Å². The van der Waals surface area contributed by atoms with E-state index in [0.717, 1.165) is 0 Å². The number of benzene rings is 1. The third kappa shape index (κ3) is 5.47. The van der Waals surface area contributed by atoms with Gasteiger partial charge in [0, 0.05) is 5.69 Å². The average Bonchev–Trinajstić information content (AvgIpc) is 2.13. The molecule has 0 atom stereocenters. The van der Waals surface area contributed by atoms with E-state index >= 15 is 0 Å². The van der Waals surface area contributed by atoms with Crippen LogP contribution in [0.25, 0.3) is 0 Å². The lowest BCUT2D eigenvalue weighted by atomic mass is 10.1. The first kappa shape index (κ1) is 14.2. The van der Waals surface area contributed by atoms with Crippen LogP contribution in [-0.2, 0) is 16.0 Å². The highest BCUT2D eigenvalue weighted by Gasteiger charge is 2.27. The summed E-state index contributed by atoms with van der Waals surface area (Å²) in [5.41, 5.74) is 0.311. The smallest absolute Gasteiger partial charge is 0.326 e. The van der Waals surface area contributed by atoms with E-state index in [4.69, 9.17) is 0 Å². The molecule has 1 aromatic carbocycles. The van der Waals surface area contributed by atoms with Gasteiger partial charge in [0.1, 0.15) is 5.78 Å². The van der Waals surface area contributed by atoms with Crippen molar-refractivity contribution in [1.82, 2.24) is 0 Å². The molecule has 18 heavy (non-hydrogen) atoms. The number of hydrogen-bond acceptors (Lipinski definition) is 2. The Morgan fingerprint density at radius 1 is 1.28 bits per heavy atom. The maximum atomic E-state index is 12.2. The Bertz CT molecular complexity index is 455. The topological polar surface area (TPSA) is 46.2 Å². The van der Waals surface area contributed by atoms with Crippen molar-refractivity contribution >= 4 is 17.4 Å². The molecule has 0 saturated heterocycles. The van der Waals surface area contributed by atoms with Crippen LogP contribution in [0.4, 0.5) is 18.9 Å². The summed E-state index contributed by atoms with van der Waals surface area (Å²) in [7, 11) is 0. The summed E-state index contributed by atoms with van der Waals surface area (Å²) in [4.78, 5) is 22.0. The van der Waals surface area contributed by atoms with E-state index in [9.17, 15) is 22.8 Å². The largest absolute Gasteiger partial charge is 0.393 e. The Labute approximate surface area is 102 Å². The van der Waals surface area contributed by atoms with Crippen molar-refractivity contribution in [3.8, 4) is 0 Å². The maximum Gasteiger partial charge on any atom is 0.393 e. The number of carbonyl (C=O) groups excluding carboxylic acids is 2. The van der Waals surface area contributed by atoms with Gasteiger partial charge in [0.05, 0.1) is 12.8 Å². The van der Waals surface area contributed by atoms with Gasteiger partial charge < -0.3 is 5.32 Å². The monoisotopic (exact) mass is 259 g/mol. The van der Waals surface area contributed by atoms with Crippen LogP contribution >= 0.6 is 0 Å². The van der Waals surface area contributed by atoms with Crippen molar-refractivity contribution in [2.45, 2.75) is 25.9 Å². The fraction of sp³-hybridized carbons (Fsp3) is 0.333. The minimum Gasteiger partial charge on any atom is -0.326 e. The number of ketones is 1. The molecule has 0 heterocycles. The molecule has 1 N–H and O–H groups in total. The molecule has 0 aromatic heterocycles. The Balaban J connectivity index is 2.70. The molecule has 6 heteroatoms. The van der Waals surface area contributed by atoms with E-state index in [2.05, 4.69) is 5.32 Å². The lowest BCUT2D eigenvalue weighted by Gasteiger charge is -2.09. The minimum atomic E-state index is -4.29. The molecule has 0 saturated carbocycles. The van der Waals surface area contributed by atoms with E-state index < -0.39 is 18.5 Å². The third-order valence-corrected chi connectivity index (χ3v) is 2.02. The van der Waals surface area contributed by atoms with Crippen molar-refractivity contribution in [3.05, 3.63) is 29.8 Å². The number of carbonyl (C=O) groups is 2. The zero-order chi connectivity index (χ0) is 13.8. The first-order valence-electron chi connectivity index (χ1n) is 5.21. The summed E-state index contributed by atoms with van der Waals surface area (Å²) in [5.74, 6) is -0.842. The summed E-state index contributed by atoms with van der Waals surface area (Å²) in [5, 5.41) is 2.37. The van der Waals surface area contributed by atoms with Crippen LogP contribution < -0.4 is 5.32 Å². The number of nitrogens with one attached hydrogen (secondary N) is 1. The number of anilines is 1. The minimum absolute atomic E-state index is 0.0584.